The van der Waals surface area contributed by atoms with Crippen LogP contribution in [0.2, 0.25) is 0 Å². The topological polar surface area (TPSA) is 59.0 Å². The highest BCUT2D eigenvalue weighted by Crippen LogP contribution is 2.22. The first-order valence-electron chi connectivity index (χ1n) is 5.94. The summed E-state index contributed by atoms with van der Waals surface area (Å²) in [5, 5.41) is 10.3. The fourth-order valence-electron chi connectivity index (χ4n) is 1.68. The lowest BCUT2D eigenvalue weighted by Crippen LogP contribution is -2.28. The van der Waals surface area contributed by atoms with Crippen LogP contribution in [0.5, 0.6) is 0 Å². The second-order valence-electron chi connectivity index (χ2n) is 4.70. The number of carbonyl (C=O) groups excluding carboxylic acids is 1. The van der Waals surface area contributed by atoms with E-state index >= 15 is 0 Å². The molecule has 0 saturated heterocycles. The second-order valence-corrected chi connectivity index (χ2v) is 4.70. The Morgan fingerprint density at radius 1 is 1.47 bits per heavy atom. The molecule has 0 radical (unpaired) electrons. The van der Waals surface area contributed by atoms with Gasteiger partial charge in [0.05, 0.1) is 11.4 Å². The predicted molar refractivity (Wildman–Crippen MR) is 69.0 cm³/mol. The zero-order valence-electron chi connectivity index (χ0n) is 11.2. The summed E-state index contributed by atoms with van der Waals surface area (Å²) in [6.07, 6.45) is 1.85. The molecule has 5 heteroatoms. The third kappa shape index (κ3) is 3.56. The number of rotatable bonds is 5. The van der Waals surface area contributed by atoms with Gasteiger partial charge in [0.15, 0.2) is 0 Å². The van der Waals surface area contributed by atoms with Crippen molar-refractivity contribution in [2.75, 3.05) is 18.9 Å². The summed E-state index contributed by atoms with van der Waals surface area (Å²) >= 11 is 0. The molecule has 5 nitrogen and oxygen atoms in total. The minimum Gasteiger partial charge on any atom is -0.323 e. The summed E-state index contributed by atoms with van der Waals surface area (Å²) in [7, 11) is 3.70. The molecule has 96 valence electrons. The minimum absolute atomic E-state index is 0.0225. The maximum absolute atomic E-state index is 11.9. The molecule has 0 aliphatic carbocycles. The molecule has 0 spiro atoms. The Kier molecular flexibility index (Phi) is 4.69. The summed E-state index contributed by atoms with van der Waals surface area (Å²) in [6.45, 7) is 6.70. The molecule has 1 atom stereocenters. The van der Waals surface area contributed by atoms with E-state index in [4.69, 9.17) is 0 Å². The summed E-state index contributed by atoms with van der Waals surface area (Å²) in [4.78, 5) is 11.9. The third-order valence-corrected chi connectivity index (χ3v) is 2.62. The van der Waals surface area contributed by atoms with Crippen molar-refractivity contribution in [3.05, 3.63) is 11.9 Å². The summed E-state index contributed by atoms with van der Waals surface area (Å²) in [5.74, 6) is 0.264. The minimum atomic E-state index is -0.0554. The van der Waals surface area contributed by atoms with Crippen LogP contribution >= 0.6 is 0 Å². The molecule has 0 aromatic carbocycles. The Morgan fingerprint density at radius 3 is 2.65 bits per heavy atom. The molecular formula is C12H22N4O. The van der Waals surface area contributed by atoms with Crippen LogP contribution in [0.25, 0.3) is 0 Å². The number of aromatic nitrogens is 2. The van der Waals surface area contributed by atoms with Crippen LogP contribution in [0, 0.1) is 5.92 Å². The van der Waals surface area contributed by atoms with Crippen LogP contribution in [-0.4, -0.2) is 29.3 Å². The molecule has 0 fully saturated rings. The van der Waals surface area contributed by atoms with Gasteiger partial charge in [-0.1, -0.05) is 20.8 Å². The van der Waals surface area contributed by atoms with E-state index in [9.17, 15) is 4.79 Å². The highest BCUT2D eigenvalue weighted by Gasteiger charge is 2.17. The number of hydrogen-bond donors (Lipinski definition) is 2. The van der Waals surface area contributed by atoms with Gasteiger partial charge in [0.1, 0.15) is 0 Å². The number of nitrogens with one attached hydrogen (secondary N) is 2. The van der Waals surface area contributed by atoms with Gasteiger partial charge in [-0.05, 0) is 13.0 Å². The van der Waals surface area contributed by atoms with E-state index in [1.54, 1.807) is 4.68 Å². The number of aryl methyl sites for hydroxylation is 1. The maximum Gasteiger partial charge on any atom is 0.228 e. The van der Waals surface area contributed by atoms with Crippen molar-refractivity contribution in [3.63, 3.8) is 0 Å². The van der Waals surface area contributed by atoms with Crippen LogP contribution in [0.1, 0.15) is 32.4 Å². The Bertz CT molecular complexity index is 384. The highest BCUT2D eigenvalue weighted by molar-refractivity contribution is 5.92. The molecule has 1 aromatic rings. The van der Waals surface area contributed by atoms with Crippen molar-refractivity contribution in [2.24, 2.45) is 13.0 Å². The van der Waals surface area contributed by atoms with Gasteiger partial charge >= 0.3 is 0 Å². The molecule has 2 N–H and O–H groups in total. The Labute approximate surface area is 103 Å². The van der Waals surface area contributed by atoms with Crippen LogP contribution in [0.3, 0.4) is 0 Å². The van der Waals surface area contributed by atoms with E-state index in [0.717, 1.165) is 11.4 Å². The molecule has 0 saturated carbocycles. The van der Waals surface area contributed by atoms with Gasteiger partial charge in [0.2, 0.25) is 5.91 Å². The average molecular weight is 238 g/mol. The second kappa shape index (κ2) is 5.82. The molecule has 17 heavy (non-hydrogen) atoms. The monoisotopic (exact) mass is 238 g/mol. The Morgan fingerprint density at radius 2 is 2.12 bits per heavy atom. The molecule has 1 unspecified atom stereocenters. The van der Waals surface area contributed by atoms with E-state index < -0.39 is 0 Å². The van der Waals surface area contributed by atoms with E-state index in [1.165, 1.54) is 0 Å². The molecule has 1 heterocycles. The zero-order chi connectivity index (χ0) is 13.0. The molecule has 1 rings (SSSR count). The van der Waals surface area contributed by atoms with Gasteiger partial charge in [0, 0.05) is 25.7 Å². The molecule has 0 aliphatic rings. The fourth-order valence-corrected chi connectivity index (χ4v) is 1.68. The molecule has 1 aromatic heterocycles. The number of anilines is 1. The maximum atomic E-state index is 11.9. The lowest BCUT2D eigenvalue weighted by atomic mass is 10.1. The van der Waals surface area contributed by atoms with E-state index in [2.05, 4.69) is 29.6 Å². The largest absolute Gasteiger partial charge is 0.323 e. The number of nitrogens with zero attached hydrogens (tertiary/aromatic N) is 2. The highest BCUT2D eigenvalue weighted by atomic mass is 16.1. The number of amides is 1. The Hall–Kier alpha value is -1.36. The normalized spacial score (nSPS) is 12.8. The van der Waals surface area contributed by atoms with Crippen molar-refractivity contribution in [1.29, 1.82) is 0 Å². The quantitative estimate of drug-likeness (QED) is 0.814. The summed E-state index contributed by atoms with van der Waals surface area (Å²) < 4.78 is 1.73. The first kappa shape index (κ1) is 13.7. The lowest BCUT2D eigenvalue weighted by Gasteiger charge is -2.12. The third-order valence-electron chi connectivity index (χ3n) is 2.62. The zero-order valence-corrected chi connectivity index (χ0v) is 11.2. The standard InChI is InChI=1S/C12H22N4O/c1-8(2)11-10(7-16(5)15-11)14-12(17)9(3)6-13-4/h7-9,13H,6H2,1-5H3,(H,14,17). The van der Waals surface area contributed by atoms with Gasteiger partial charge in [-0.2, -0.15) is 5.10 Å². The first-order valence-corrected chi connectivity index (χ1v) is 5.94. The van der Waals surface area contributed by atoms with Gasteiger partial charge in [-0.25, -0.2) is 0 Å². The Balaban J connectivity index is 2.77. The molecule has 1 amide bonds. The average Bonchev–Trinajstić information content (AvgIpc) is 2.60. The van der Waals surface area contributed by atoms with Gasteiger partial charge < -0.3 is 10.6 Å². The van der Waals surface area contributed by atoms with Crippen molar-refractivity contribution >= 4 is 11.6 Å². The SMILES string of the molecule is CNCC(C)C(=O)Nc1cn(C)nc1C(C)C. The summed E-state index contributed by atoms with van der Waals surface area (Å²) in [5.41, 5.74) is 1.74. The van der Waals surface area contributed by atoms with E-state index in [0.29, 0.717) is 12.5 Å². The van der Waals surface area contributed by atoms with Gasteiger partial charge in [-0.15, -0.1) is 0 Å². The van der Waals surface area contributed by atoms with Crippen molar-refractivity contribution in [1.82, 2.24) is 15.1 Å². The van der Waals surface area contributed by atoms with E-state index in [1.807, 2.05) is 27.2 Å². The number of carbonyl (C=O) groups is 1. The van der Waals surface area contributed by atoms with Crippen molar-refractivity contribution in [3.8, 4) is 0 Å². The van der Waals surface area contributed by atoms with Crippen molar-refractivity contribution < 1.29 is 4.79 Å². The smallest absolute Gasteiger partial charge is 0.228 e. The molecule has 0 bridgehead atoms. The van der Waals surface area contributed by atoms with Crippen LogP contribution in [0.4, 0.5) is 5.69 Å². The molecule has 0 aliphatic heterocycles. The van der Waals surface area contributed by atoms with Gasteiger partial charge in [0.25, 0.3) is 0 Å². The number of hydrogen-bond acceptors (Lipinski definition) is 3. The van der Waals surface area contributed by atoms with Crippen molar-refractivity contribution in [2.45, 2.75) is 26.7 Å². The fraction of sp³-hybridized carbons (Fsp3) is 0.667. The predicted octanol–water partition coefficient (Wildman–Crippen LogP) is 1.34. The lowest BCUT2D eigenvalue weighted by molar-refractivity contribution is -0.119. The first-order chi connectivity index (χ1) is 7.95. The van der Waals surface area contributed by atoms with Crippen LogP contribution in [0.15, 0.2) is 6.20 Å². The molecular weight excluding hydrogens is 216 g/mol. The van der Waals surface area contributed by atoms with Gasteiger partial charge in [-0.3, -0.25) is 9.48 Å². The van der Waals surface area contributed by atoms with Crippen LogP contribution in [-0.2, 0) is 11.8 Å². The summed E-state index contributed by atoms with van der Waals surface area (Å²) in [6, 6.07) is 0. The van der Waals surface area contributed by atoms with Crippen LogP contribution < -0.4 is 10.6 Å². The van der Waals surface area contributed by atoms with E-state index in [-0.39, 0.29) is 11.8 Å².